The molecule has 1 unspecified atom stereocenters. The second kappa shape index (κ2) is 8.85. The number of hydroxylamine groups is 1. The summed E-state index contributed by atoms with van der Waals surface area (Å²) in [7, 11) is 0. The standard InChI is InChI=1S/C19H27N3O3/c23-18(21-25-14-15-8-3-1-4-9-15)17-12-7-13-22(17)19(24)20-16-10-5-2-6-11-16/h1,3-4,8-9,16-17H,2,5-7,10-14H2,(H,20,24)(H,21,23). The first kappa shape index (κ1) is 17.7. The van der Waals surface area contributed by atoms with Gasteiger partial charge in [0.1, 0.15) is 6.04 Å². The number of urea groups is 1. The van der Waals surface area contributed by atoms with E-state index in [4.69, 9.17) is 4.84 Å². The number of hydrogen-bond donors (Lipinski definition) is 2. The maximum Gasteiger partial charge on any atom is 0.318 e. The molecule has 1 aliphatic heterocycles. The quantitative estimate of drug-likeness (QED) is 0.806. The van der Waals surface area contributed by atoms with Crippen molar-refractivity contribution < 1.29 is 14.4 Å². The fourth-order valence-electron chi connectivity index (χ4n) is 3.62. The molecule has 2 fully saturated rings. The number of carbonyl (C=O) groups is 2. The van der Waals surface area contributed by atoms with E-state index in [1.165, 1.54) is 19.3 Å². The maximum atomic E-state index is 12.5. The average Bonchev–Trinajstić information content (AvgIpc) is 3.13. The molecular weight excluding hydrogens is 318 g/mol. The van der Waals surface area contributed by atoms with E-state index in [9.17, 15) is 9.59 Å². The van der Waals surface area contributed by atoms with Crippen molar-refractivity contribution in [2.45, 2.75) is 63.6 Å². The van der Waals surface area contributed by atoms with E-state index in [1.54, 1.807) is 4.90 Å². The second-order valence-corrected chi connectivity index (χ2v) is 6.88. The second-order valence-electron chi connectivity index (χ2n) is 6.88. The molecule has 1 heterocycles. The van der Waals surface area contributed by atoms with E-state index in [0.29, 0.717) is 19.6 Å². The van der Waals surface area contributed by atoms with Crippen molar-refractivity contribution in [1.82, 2.24) is 15.7 Å². The van der Waals surface area contributed by atoms with Gasteiger partial charge in [0.2, 0.25) is 0 Å². The molecule has 3 amide bonds. The summed E-state index contributed by atoms with van der Waals surface area (Å²) >= 11 is 0. The molecule has 1 saturated carbocycles. The van der Waals surface area contributed by atoms with E-state index in [-0.39, 0.29) is 18.0 Å². The van der Waals surface area contributed by atoms with Crippen LogP contribution in [0.3, 0.4) is 0 Å². The fourth-order valence-corrected chi connectivity index (χ4v) is 3.62. The number of hydrogen-bond acceptors (Lipinski definition) is 3. The molecule has 6 heteroatoms. The van der Waals surface area contributed by atoms with Crippen molar-refractivity contribution in [1.29, 1.82) is 0 Å². The molecule has 25 heavy (non-hydrogen) atoms. The minimum atomic E-state index is -0.445. The van der Waals surface area contributed by atoms with E-state index in [1.807, 2.05) is 30.3 Å². The molecule has 2 aliphatic rings. The Morgan fingerprint density at radius 1 is 1.04 bits per heavy atom. The van der Waals surface area contributed by atoms with Gasteiger partial charge in [0, 0.05) is 12.6 Å². The molecule has 1 aromatic carbocycles. The number of rotatable bonds is 5. The number of benzene rings is 1. The lowest BCUT2D eigenvalue weighted by molar-refractivity contribution is -0.138. The Kier molecular flexibility index (Phi) is 6.28. The van der Waals surface area contributed by atoms with E-state index < -0.39 is 6.04 Å². The van der Waals surface area contributed by atoms with Crippen molar-refractivity contribution in [3.8, 4) is 0 Å². The molecule has 2 N–H and O–H groups in total. The number of amides is 3. The van der Waals surface area contributed by atoms with Crippen LogP contribution < -0.4 is 10.8 Å². The summed E-state index contributed by atoms with van der Waals surface area (Å²) < 4.78 is 0. The van der Waals surface area contributed by atoms with Gasteiger partial charge in [-0.1, -0.05) is 49.6 Å². The minimum absolute atomic E-state index is 0.118. The Hall–Kier alpha value is -2.08. The van der Waals surface area contributed by atoms with Gasteiger partial charge in [0.15, 0.2) is 0 Å². The van der Waals surface area contributed by atoms with Crippen molar-refractivity contribution in [3.63, 3.8) is 0 Å². The summed E-state index contributed by atoms with van der Waals surface area (Å²) in [6.45, 7) is 0.933. The van der Waals surface area contributed by atoms with E-state index >= 15 is 0 Å². The van der Waals surface area contributed by atoms with Crippen LogP contribution in [0, 0.1) is 0 Å². The Morgan fingerprint density at radius 2 is 1.80 bits per heavy atom. The molecule has 1 saturated heterocycles. The molecule has 0 bridgehead atoms. The highest BCUT2D eigenvalue weighted by molar-refractivity contribution is 5.87. The van der Waals surface area contributed by atoms with Gasteiger partial charge in [-0.05, 0) is 31.2 Å². The molecule has 1 atom stereocenters. The molecule has 1 aliphatic carbocycles. The van der Waals surface area contributed by atoms with Crippen molar-refractivity contribution in [2.75, 3.05) is 6.54 Å². The average molecular weight is 345 g/mol. The van der Waals surface area contributed by atoms with Gasteiger partial charge in [0.25, 0.3) is 5.91 Å². The fraction of sp³-hybridized carbons (Fsp3) is 0.579. The van der Waals surface area contributed by atoms with Crippen LogP contribution in [0.5, 0.6) is 0 Å². The summed E-state index contributed by atoms with van der Waals surface area (Å²) in [5, 5.41) is 3.09. The van der Waals surface area contributed by atoms with Gasteiger partial charge in [-0.25, -0.2) is 10.3 Å². The summed E-state index contributed by atoms with van der Waals surface area (Å²) in [4.78, 5) is 31.9. The van der Waals surface area contributed by atoms with Gasteiger partial charge in [-0.15, -0.1) is 0 Å². The first-order valence-corrected chi connectivity index (χ1v) is 9.27. The molecule has 1 aromatic rings. The van der Waals surface area contributed by atoms with Gasteiger partial charge >= 0.3 is 6.03 Å². The predicted octanol–water partition coefficient (Wildman–Crippen LogP) is 2.74. The minimum Gasteiger partial charge on any atom is -0.335 e. The van der Waals surface area contributed by atoms with Gasteiger partial charge in [-0.3, -0.25) is 9.63 Å². The molecule has 0 radical (unpaired) electrons. The van der Waals surface area contributed by atoms with Crippen molar-refractivity contribution >= 4 is 11.9 Å². The van der Waals surface area contributed by atoms with Crippen LogP contribution in [0.4, 0.5) is 4.79 Å². The Labute approximate surface area is 148 Å². The topological polar surface area (TPSA) is 70.7 Å². The zero-order valence-electron chi connectivity index (χ0n) is 14.6. The molecule has 6 nitrogen and oxygen atoms in total. The molecule has 0 aromatic heterocycles. The Balaban J connectivity index is 1.46. The van der Waals surface area contributed by atoms with Gasteiger partial charge < -0.3 is 10.2 Å². The predicted molar refractivity (Wildman–Crippen MR) is 94.5 cm³/mol. The molecule has 0 spiro atoms. The third-order valence-electron chi connectivity index (χ3n) is 5.00. The number of nitrogens with zero attached hydrogens (tertiary/aromatic N) is 1. The lowest BCUT2D eigenvalue weighted by atomic mass is 9.96. The van der Waals surface area contributed by atoms with Crippen LogP contribution in [0.15, 0.2) is 30.3 Å². The van der Waals surface area contributed by atoms with E-state index in [2.05, 4.69) is 10.8 Å². The SMILES string of the molecule is O=C(NOCc1ccccc1)C1CCCN1C(=O)NC1CCCCC1. The van der Waals surface area contributed by atoms with Crippen LogP contribution in [-0.4, -0.2) is 35.5 Å². The third-order valence-corrected chi connectivity index (χ3v) is 5.00. The summed E-state index contributed by atoms with van der Waals surface area (Å²) in [5.74, 6) is -0.243. The van der Waals surface area contributed by atoms with Crippen LogP contribution in [0.1, 0.15) is 50.5 Å². The van der Waals surface area contributed by atoms with Gasteiger partial charge in [-0.2, -0.15) is 0 Å². The largest absolute Gasteiger partial charge is 0.335 e. The van der Waals surface area contributed by atoms with Crippen LogP contribution >= 0.6 is 0 Å². The highest BCUT2D eigenvalue weighted by Gasteiger charge is 2.35. The lowest BCUT2D eigenvalue weighted by Gasteiger charge is -2.28. The number of carbonyl (C=O) groups excluding carboxylic acids is 2. The summed E-state index contributed by atoms with van der Waals surface area (Å²) in [5.41, 5.74) is 3.49. The van der Waals surface area contributed by atoms with Crippen molar-refractivity contribution in [3.05, 3.63) is 35.9 Å². The Bertz CT molecular complexity index is 573. The maximum absolute atomic E-state index is 12.5. The number of nitrogens with one attached hydrogen (secondary N) is 2. The smallest absolute Gasteiger partial charge is 0.318 e. The monoisotopic (exact) mass is 345 g/mol. The lowest BCUT2D eigenvalue weighted by Crippen LogP contribution is -2.51. The highest BCUT2D eigenvalue weighted by Crippen LogP contribution is 2.21. The molecule has 3 rings (SSSR count). The first-order valence-electron chi connectivity index (χ1n) is 9.27. The van der Waals surface area contributed by atoms with Gasteiger partial charge in [0.05, 0.1) is 6.61 Å². The molecular formula is C19H27N3O3. The zero-order valence-corrected chi connectivity index (χ0v) is 14.6. The Morgan fingerprint density at radius 3 is 2.56 bits per heavy atom. The van der Waals surface area contributed by atoms with Crippen LogP contribution in [-0.2, 0) is 16.2 Å². The summed E-state index contributed by atoms with van der Waals surface area (Å²) in [6, 6.07) is 9.34. The zero-order chi connectivity index (χ0) is 17.5. The van der Waals surface area contributed by atoms with Crippen LogP contribution in [0.25, 0.3) is 0 Å². The van der Waals surface area contributed by atoms with Crippen LogP contribution in [0.2, 0.25) is 0 Å². The summed E-state index contributed by atoms with van der Waals surface area (Å²) in [6.07, 6.45) is 7.19. The van der Waals surface area contributed by atoms with Crippen molar-refractivity contribution in [2.24, 2.45) is 0 Å². The number of likely N-dealkylation sites (tertiary alicyclic amines) is 1. The highest BCUT2D eigenvalue weighted by atomic mass is 16.6. The third kappa shape index (κ3) is 4.95. The molecule has 136 valence electrons. The first-order chi connectivity index (χ1) is 12.2. The van der Waals surface area contributed by atoms with E-state index in [0.717, 1.165) is 24.8 Å². The normalized spacial score (nSPS) is 21.1.